The second-order valence-corrected chi connectivity index (χ2v) is 6.40. The Kier molecular flexibility index (Phi) is 4.96. The highest BCUT2D eigenvalue weighted by Crippen LogP contribution is 2.33. The minimum atomic E-state index is -4.40. The Balaban J connectivity index is 2.50. The third-order valence-electron chi connectivity index (χ3n) is 2.92. The van der Waals surface area contributed by atoms with Crippen LogP contribution in [0.15, 0.2) is 35.2 Å². The highest BCUT2D eigenvalue weighted by Gasteiger charge is 2.24. The molecule has 0 fully saturated rings. The van der Waals surface area contributed by atoms with Gasteiger partial charge >= 0.3 is 0 Å². The van der Waals surface area contributed by atoms with Gasteiger partial charge in [0.2, 0.25) is 0 Å². The lowest BCUT2D eigenvalue weighted by Crippen LogP contribution is -2.16. The summed E-state index contributed by atoms with van der Waals surface area (Å²) >= 11 is 5.59. The lowest BCUT2D eigenvalue weighted by Gasteiger charge is -2.13. The molecule has 0 unspecified atom stereocenters. The summed E-state index contributed by atoms with van der Waals surface area (Å²) < 4.78 is 64.2. The molecule has 2 aromatic rings. The first-order valence-electron chi connectivity index (χ1n) is 6.18. The van der Waals surface area contributed by atoms with Gasteiger partial charge in [0.25, 0.3) is 10.0 Å². The van der Waals surface area contributed by atoms with Gasteiger partial charge in [0.05, 0.1) is 24.9 Å². The van der Waals surface area contributed by atoms with Gasteiger partial charge in [-0.1, -0.05) is 17.7 Å². The summed E-state index contributed by atoms with van der Waals surface area (Å²) in [6, 6.07) is 5.58. The molecule has 9 heteroatoms. The van der Waals surface area contributed by atoms with E-state index in [9.17, 15) is 17.2 Å². The number of halogens is 3. The molecule has 0 saturated carbocycles. The van der Waals surface area contributed by atoms with Crippen LogP contribution in [-0.2, 0) is 10.0 Å². The third kappa shape index (κ3) is 3.48. The van der Waals surface area contributed by atoms with E-state index in [0.29, 0.717) is 0 Å². The van der Waals surface area contributed by atoms with Crippen molar-refractivity contribution in [2.75, 3.05) is 18.9 Å². The van der Waals surface area contributed by atoms with Crippen LogP contribution in [0.5, 0.6) is 11.5 Å². The van der Waals surface area contributed by atoms with Crippen LogP contribution in [0, 0.1) is 11.6 Å². The first kappa shape index (κ1) is 17.3. The Morgan fingerprint density at radius 2 is 1.70 bits per heavy atom. The molecular formula is C14H12ClF2NO4S. The van der Waals surface area contributed by atoms with Crippen molar-refractivity contribution in [2.24, 2.45) is 0 Å². The molecule has 0 bridgehead atoms. The fourth-order valence-corrected chi connectivity index (χ4v) is 3.13. The quantitative estimate of drug-likeness (QED) is 0.883. The first-order valence-corrected chi connectivity index (χ1v) is 8.04. The van der Waals surface area contributed by atoms with E-state index < -0.39 is 32.2 Å². The molecule has 0 aliphatic heterocycles. The van der Waals surface area contributed by atoms with Crippen molar-refractivity contribution in [3.63, 3.8) is 0 Å². The highest BCUT2D eigenvalue weighted by molar-refractivity contribution is 7.92. The number of ether oxygens (including phenoxy) is 2. The van der Waals surface area contributed by atoms with Gasteiger partial charge < -0.3 is 9.47 Å². The van der Waals surface area contributed by atoms with Gasteiger partial charge in [-0.3, -0.25) is 4.72 Å². The number of hydrogen-bond acceptors (Lipinski definition) is 4. The Labute approximate surface area is 136 Å². The van der Waals surface area contributed by atoms with Crippen molar-refractivity contribution in [2.45, 2.75) is 4.90 Å². The molecule has 0 radical (unpaired) electrons. The second kappa shape index (κ2) is 6.59. The zero-order valence-corrected chi connectivity index (χ0v) is 13.6. The zero-order chi connectivity index (χ0) is 17.2. The fourth-order valence-electron chi connectivity index (χ4n) is 1.82. The number of nitrogens with one attached hydrogen (secondary N) is 1. The maximum absolute atomic E-state index is 14.1. The first-order chi connectivity index (χ1) is 10.8. The molecule has 0 saturated heterocycles. The van der Waals surface area contributed by atoms with Gasteiger partial charge in [0.1, 0.15) is 10.7 Å². The molecule has 0 heterocycles. The van der Waals surface area contributed by atoms with Gasteiger partial charge in [-0.05, 0) is 12.1 Å². The van der Waals surface area contributed by atoms with Gasteiger partial charge in [-0.25, -0.2) is 17.2 Å². The SMILES string of the molecule is COc1cc(F)c(S(=O)(=O)Nc2cccc(Cl)c2F)cc1OC. The molecule has 2 aromatic carbocycles. The van der Waals surface area contributed by atoms with Gasteiger partial charge in [-0.15, -0.1) is 0 Å². The van der Waals surface area contributed by atoms with E-state index in [-0.39, 0.29) is 16.5 Å². The lowest BCUT2D eigenvalue weighted by molar-refractivity contribution is 0.350. The van der Waals surface area contributed by atoms with E-state index >= 15 is 0 Å². The summed E-state index contributed by atoms with van der Waals surface area (Å²) in [5, 5.41) is -0.266. The summed E-state index contributed by atoms with van der Waals surface area (Å²) in [5.41, 5.74) is -0.397. The van der Waals surface area contributed by atoms with Crippen molar-refractivity contribution in [1.29, 1.82) is 0 Å². The number of methoxy groups -OCH3 is 2. The van der Waals surface area contributed by atoms with Crippen molar-refractivity contribution < 1.29 is 26.7 Å². The molecule has 0 aromatic heterocycles. The monoisotopic (exact) mass is 363 g/mol. The maximum atomic E-state index is 14.1. The van der Waals surface area contributed by atoms with Crippen LogP contribution in [0.4, 0.5) is 14.5 Å². The summed E-state index contributed by atoms with van der Waals surface area (Å²) in [6.45, 7) is 0. The third-order valence-corrected chi connectivity index (χ3v) is 4.60. The van der Waals surface area contributed by atoms with Crippen LogP contribution in [0.2, 0.25) is 5.02 Å². The Bertz CT molecular complexity index is 843. The largest absolute Gasteiger partial charge is 0.493 e. The van der Waals surface area contributed by atoms with Crippen LogP contribution in [0.3, 0.4) is 0 Å². The van der Waals surface area contributed by atoms with Gasteiger partial charge in [0, 0.05) is 12.1 Å². The van der Waals surface area contributed by atoms with Crippen molar-refractivity contribution >= 4 is 27.3 Å². The molecule has 0 spiro atoms. The molecule has 5 nitrogen and oxygen atoms in total. The van der Waals surface area contributed by atoms with Crippen molar-refractivity contribution in [3.05, 3.63) is 47.0 Å². The summed E-state index contributed by atoms with van der Waals surface area (Å²) in [4.78, 5) is -0.713. The Hall–Kier alpha value is -2.06. The van der Waals surface area contributed by atoms with E-state index in [4.69, 9.17) is 21.1 Å². The number of anilines is 1. The van der Waals surface area contributed by atoms with E-state index in [1.807, 2.05) is 4.72 Å². The van der Waals surface area contributed by atoms with Crippen LogP contribution >= 0.6 is 11.6 Å². The summed E-state index contributed by atoms with van der Waals surface area (Å²) in [7, 11) is -1.84. The fraction of sp³-hybridized carbons (Fsp3) is 0.143. The molecule has 0 amide bonds. The van der Waals surface area contributed by atoms with E-state index in [0.717, 1.165) is 18.2 Å². The van der Waals surface area contributed by atoms with Crippen LogP contribution < -0.4 is 14.2 Å². The molecule has 0 atom stereocenters. The van der Waals surface area contributed by atoms with Crippen LogP contribution in [-0.4, -0.2) is 22.6 Å². The van der Waals surface area contributed by atoms with Crippen molar-refractivity contribution in [3.8, 4) is 11.5 Å². The number of benzene rings is 2. The zero-order valence-electron chi connectivity index (χ0n) is 12.1. The Morgan fingerprint density at radius 3 is 2.30 bits per heavy atom. The van der Waals surface area contributed by atoms with Gasteiger partial charge in [-0.2, -0.15) is 0 Å². The van der Waals surface area contributed by atoms with E-state index in [1.165, 1.54) is 26.4 Å². The molecule has 2 rings (SSSR count). The average Bonchev–Trinajstić information content (AvgIpc) is 2.51. The number of sulfonamides is 1. The normalized spacial score (nSPS) is 11.2. The van der Waals surface area contributed by atoms with E-state index in [2.05, 4.69) is 0 Å². The van der Waals surface area contributed by atoms with Crippen LogP contribution in [0.25, 0.3) is 0 Å². The smallest absolute Gasteiger partial charge is 0.265 e. The summed E-state index contributed by atoms with van der Waals surface area (Å²) in [5.74, 6) is -1.99. The predicted molar refractivity (Wildman–Crippen MR) is 81.7 cm³/mol. The minimum absolute atomic E-state index is 0.0147. The minimum Gasteiger partial charge on any atom is -0.493 e. The lowest BCUT2D eigenvalue weighted by atomic mass is 10.3. The second-order valence-electron chi connectivity index (χ2n) is 4.34. The molecule has 124 valence electrons. The highest BCUT2D eigenvalue weighted by atomic mass is 35.5. The molecule has 0 aliphatic carbocycles. The number of rotatable bonds is 5. The molecule has 1 N–H and O–H groups in total. The Morgan fingerprint density at radius 1 is 1.09 bits per heavy atom. The van der Waals surface area contributed by atoms with Crippen LogP contribution in [0.1, 0.15) is 0 Å². The predicted octanol–water partition coefficient (Wildman–Crippen LogP) is 3.44. The maximum Gasteiger partial charge on any atom is 0.265 e. The number of hydrogen-bond donors (Lipinski definition) is 1. The topological polar surface area (TPSA) is 64.6 Å². The molecule has 0 aliphatic rings. The van der Waals surface area contributed by atoms with Gasteiger partial charge in [0.15, 0.2) is 17.3 Å². The van der Waals surface area contributed by atoms with E-state index in [1.54, 1.807) is 0 Å². The summed E-state index contributed by atoms with van der Waals surface area (Å²) in [6.07, 6.45) is 0. The standard InChI is InChI=1S/C14H12ClF2NO4S/c1-21-11-6-9(16)13(7-12(11)22-2)23(19,20)18-10-5-3-4-8(15)14(10)17/h3-7,18H,1-2H3. The van der Waals surface area contributed by atoms with Crippen molar-refractivity contribution in [1.82, 2.24) is 0 Å². The average molecular weight is 364 g/mol. The molecule has 23 heavy (non-hydrogen) atoms. The molecular weight excluding hydrogens is 352 g/mol.